The van der Waals surface area contributed by atoms with Crippen molar-refractivity contribution in [2.75, 3.05) is 0 Å². The van der Waals surface area contributed by atoms with Gasteiger partial charge in [-0.05, 0) is 73.9 Å². The number of carbonyl (C=O) groups is 1. The number of benzene rings is 1. The molecule has 1 aromatic rings. The van der Waals surface area contributed by atoms with Crippen LogP contribution in [0.25, 0.3) is 0 Å². The van der Waals surface area contributed by atoms with E-state index >= 15 is 0 Å². The molecule has 1 fully saturated rings. The van der Waals surface area contributed by atoms with Gasteiger partial charge in [0.15, 0.2) is 0 Å². The molecule has 0 bridgehead atoms. The molecule has 2 unspecified atom stereocenters. The standard InChI is InChI=1S/C14H17ClINO/c1-9-4-3-5-10(2)17(9)14(18)12-8-11(15)6-7-13(12)16/h6-10H,3-5H2,1-2H3. The highest BCUT2D eigenvalue weighted by Crippen LogP contribution is 2.27. The molecule has 1 aliphatic heterocycles. The second-order valence-corrected chi connectivity index (χ2v) is 6.56. The Morgan fingerprint density at radius 3 is 2.56 bits per heavy atom. The van der Waals surface area contributed by atoms with Gasteiger partial charge in [0.25, 0.3) is 5.91 Å². The minimum Gasteiger partial charge on any atom is -0.333 e. The number of carbonyl (C=O) groups excluding carboxylic acids is 1. The second kappa shape index (κ2) is 5.78. The number of amides is 1. The van der Waals surface area contributed by atoms with Gasteiger partial charge in [0.2, 0.25) is 0 Å². The van der Waals surface area contributed by atoms with Gasteiger partial charge in [-0.2, -0.15) is 0 Å². The monoisotopic (exact) mass is 377 g/mol. The Morgan fingerprint density at radius 2 is 1.94 bits per heavy atom. The highest BCUT2D eigenvalue weighted by Gasteiger charge is 2.30. The van der Waals surface area contributed by atoms with Gasteiger partial charge in [0.05, 0.1) is 5.56 Å². The molecule has 0 aliphatic carbocycles. The number of likely N-dealkylation sites (tertiary alicyclic amines) is 1. The molecule has 98 valence electrons. The molecule has 1 aliphatic rings. The summed E-state index contributed by atoms with van der Waals surface area (Å²) in [4.78, 5) is 14.7. The summed E-state index contributed by atoms with van der Waals surface area (Å²) in [5.74, 6) is 0.113. The molecular weight excluding hydrogens is 361 g/mol. The van der Waals surface area contributed by atoms with Crippen molar-refractivity contribution in [3.05, 3.63) is 32.4 Å². The summed E-state index contributed by atoms with van der Waals surface area (Å²) in [5, 5.41) is 0.621. The van der Waals surface area contributed by atoms with Crippen LogP contribution in [0.5, 0.6) is 0 Å². The Labute approximate surface area is 127 Å². The zero-order valence-corrected chi connectivity index (χ0v) is 13.5. The van der Waals surface area contributed by atoms with E-state index in [9.17, 15) is 4.79 Å². The smallest absolute Gasteiger partial charge is 0.255 e. The molecular formula is C14H17ClINO. The average molecular weight is 378 g/mol. The van der Waals surface area contributed by atoms with Crippen LogP contribution in [0.15, 0.2) is 18.2 Å². The van der Waals surface area contributed by atoms with Crippen LogP contribution >= 0.6 is 34.2 Å². The maximum Gasteiger partial charge on any atom is 0.255 e. The Bertz CT molecular complexity index is 453. The lowest BCUT2D eigenvalue weighted by Crippen LogP contribution is -2.47. The minimum absolute atomic E-state index is 0.113. The van der Waals surface area contributed by atoms with E-state index in [0.717, 1.165) is 22.0 Å². The van der Waals surface area contributed by atoms with Crippen molar-refractivity contribution in [1.82, 2.24) is 4.90 Å². The number of hydrogen-bond donors (Lipinski definition) is 0. The van der Waals surface area contributed by atoms with Crippen LogP contribution < -0.4 is 0 Å². The molecule has 1 saturated heterocycles. The van der Waals surface area contributed by atoms with E-state index in [4.69, 9.17) is 11.6 Å². The Balaban J connectivity index is 2.32. The first-order chi connectivity index (χ1) is 8.50. The first kappa shape index (κ1) is 14.1. The van der Waals surface area contributed by atoms with E-state index < -0.39 is 0 Å². The average Bonchev–Trinajstić information content (AvgIpc) is 2.32. The molecule has 0 N–H and O–H groups in total. The van der Waals surface area contributed by atoms with Gasteiger partial charge in [0.1, 0.15) is 0 Å². The Morgan fingerprint density at radius 1 is 1.33 bits per heavy atom. The third-order valence-corrected chi connectivity index (χ3v) is 4.76. The summed E-state index contributed by atoms with van der Waals surface area (Å²) in [7, 11) is 0. The lowest BCUT2D eigenvalue weighted by atomic mass is 9.96. The molecule has 0 aromatic heterocycles. The van der Waals surface area contributed by atoms with E-state index in [1.807, 2.05) is 17.0 Å². The zero-order chi connectivity index (χ0) is 13.3. The van der Waals surface area contributed by atoms with Crippen molar-refractivity contribution < 1.29 is 4.79 Å². The van der Waals surface area contributed by atoms with E-state index in [1.54, 1.807) is 6.07 Å². The molecule has 0 radical (unpaired) electrons. The predicted molar refractivity (Wildman–Crippen MR) is 83.1 cm³/mol. The number of nitrogens with zero attached hydrogens (tertiary/aromatic N) is 1. The van der Waals surface area contributed by atoms with E-state index in [-0.39, 0.29) is 5.91 Å². The fourth-order valence-corrected chi connectivity index (χ4v) is 3.36. The SMILES string of the molecule is CC1CCCC(C)N1C(=O)c1cc(Cl)ccc1I. The molecule has 0 spiro atoms. The fourth-order valence-electron chi connectivity index (χ4n) is 2.62. The van der Waals surface area contributed by atoms with Gasteiger partial charge < -0.3 is 4.90 Å². The third-order valence-electron chi connectivity index (χ3n) is 3.59. The maximum atomic E-state index is 12.7. The molecule has 0 saturated carbocycles. The molecule has 1 heterocycles. The molecule has 2 nitrogen and oxygen atoms in total. The first-order valence-electron chi connectivity index (χ1n) is 6.28. The first-order valence-corrected chi connectivity index (χ1v) is 7.74. The Kier molecular flexibility index (Phi) is 4.54. The summed E-state index contributed by atoms with van der Waals surface area (Å²) >= 11 is 8.19. The summed E-state index contributed by atoms with van der Waals surface area (Å²) in [6, 6.07) is 6.13. The fraction of sp³-hybridized carbons (Fsp3) is 0.500. The quantitative estimate of drug-likeness (QED) is 0.666. The van der Waals surface area contributed by atoms with Crippen molar-refractivity contribution in [3.63, 3.8) is 0 Å². The molecule has 2 atom stereocenters. The third kappa shape index (κ3) is 2.82. The summed E-state index contributed by atoms with van der Waals surface area (Å²) in [6.07, 6.45) is 3.39. The zero-order valence-electron chi connectivity index (χ0n) is 10.6. The van der Waals surface area contributed by atoms with Crippen molar-refractivity contribution in [2.45, 2.75) is 45.2 Å². The predicted octanol–water partition coefficient (Wildman–Crippen LogP) is 4.35. The normalized spacial score (nSPS) is 24.1. The molecule has 2 rings (SSSR count). The van der Waals surface area contributed by atoms with Crippen LogP contribution in [0, 0.1) is 3.57 Å². The van der Waals surface area contributed by atoms with Gasteiger partial charge in [-0.1, -0.05) is 11.6 Å². The molecule has 18 heavy (non-hydrogen) atoms. The van der Waals surface area contributed by atoms with Gasteiger partial charge in [-0.3, -0.25) is 4.79 Å². The van der Waals surface area contributed by atoms with Crippen LogP contribution in [0.2, 0.25) is 5.02 Å². The van der Waals surface area contributed by atoms with Crippen molar-refractivity contribution in [1.29, 1.82) is 0 Å². The highest BCUT2D eigenvalue weighted by atomic mass is 127. The summed E-state index contributed by atoms with van der Waals surface area (Å²) in [6.45, 7) is 4.26. The van der Waals surface area contributed by atoms with Gasteiger partial charge in [-0.15, -0.1) is 0 Å². The van der Waals surface area contributed by atoms with Gasteiger partial charge in [-0.25, -0.2) is 0 Å². The van der Waals surface area contributed by atoms with E-state index in [0.29, 0.717) is 17.1 Å². The summed E-state index contributed by atoms with van der Waals surface area (Å²) in [5.41, 5.74) is 0.726. The second-order valence-electron chi connectivity index (χ2n) is 4.97. The van der Waals surface area contributed by atoms with Crippen LogP contribution in [0.3, 0.4) is 0 Å². The van der Waals surface area contributed by atoms with Crippen LogP contribution in [-0.4, -0.2) is 22.9 Å². The van der Waals surface area contributed by atoms with Crippen molar-refractivity contribution >= 4 is 40.1 Å². The maximum absolute atomic E-state index is 12.7. The van der Waals surface area contributed by atoms with Crippen LogP contribution in [-0.2, 0) is 0 Å². The largest absolute Gasteiger partial charge is 0.333 e. The minimum atomic E-state index is 0.113. The molecule has 1 aromatic carbocycles. The Hall–Kier alpha value is -0.290. The van der Waals surface area contributed by atoms with Crippen LogP contribution in [0.1, 0.15) is 43.5 Å². The van der Waals surface area contributed by atoms with Crippen molar-refractivity contribution in [2.24, 2.45) is 0 Å². The lowest BCUT2D eigenvalue weighted by Gasteiger charge is -2.39. The van der Waals surface area contributed by atoms with Gasteiger partial charge >= 0.3 is 0 Å². The van der Waals surface area contributed by atoms with Crippen molar-refractivity contribution in [3.8, 4) is 0 Å². The highest BCUT2D eigenvalue weighted by molar-refractivity contribution is 14.1. The van der Waals surface area contributed by atoms with Crippen LogP contribution in [0.4, 0.5) is 0 Å². The number of hydrogen-bond acceptors (Lipinski definition) is 1. The molecule has 1 amide bonds. The lowest BCUT2D eigenvalue weighted by molar-refractivity contribution is 0.0509. The topological polar surface area (TPSA) is 20.3 Å². The number of rotatable bonds is 1. The van der Waals surface area contributed by atoms with Gasteiger partial charge in [0, 0.05) is 20.7 Å². The van der Waals surface area contributed by atoms with E-state index in [1.165, 1.54) is 6.42 Å². The van der Waals surface area contributed by atoms with E-state index in [2.05, 4.69) is 36.4 Å². The summed E-state index contributed by atoms with van der Waals surface area (Å²) < 4.78 is 0.965. The number of halogens is 2. The number of piperidine rings is 1. The molecule has 4 heteroatoms.